The van der Waals surface area contributed by atoms with E-state index < -0.39 is 5.97 Å². The second-order valence-corrected chi connectivity index (χ2v) is 3.01. The molecule has 0 aliphatic heterocycles. The van der Waals surface area contributed by atoms with Gasteiger partial charge >= 0.3 is 5.97 Å². The Morgan fingerprint density at radius 1 is 1.56 bits per heavy atom. The molecule has 1 N–H and O–H groups in total. The molecule has 2 aromatic rings. The van der Waals surface area contributed by atoms with Crippen molar-refractivity contribution in [2.75, 3.05) is 6.61 Å². The maximum atomic E-state index is 11.3. The van der Waals surface area contributed by atoms with Crippen LogP contribution in [-0.4, -0.2) is 33.0 Å². The fourth-order valence-electron chi connectivity index (χ4n) is 1.14. The zero-order valence-corrected chi connectivity index (χ0v) is 8.85. The van der Waals surface area contributed by atoms with E-state index in [0.29, 0.717) is 18.2 Å². The Labute approximate surface area is 90.8 Å². The van der Waals surface area contributed by atoms with E-state index in [0.717, 1.165) is 0 Å². The highest BCUT2D eigenvalue weighted by molar-refractivity contribution is 5.88. The molecule has 0 saturated heterocycles. The number of hydrogen-bond acceptors (Lipinski definition) is 6. The molecule has 84 valence electrons. The quantitative estimate of drug-likeness (QED) is 0.777. The highest BCUT2D eigenvalue weighted by atomic mass is 16.5. The van der Waals surface area contributed by atoms with E-state index in [9.17, 15) is 4.79 Å². The zero-order valence-electron chi connectivity index (χ0n) is 8.85. The number of nitrogens with zero attached hydrogens (tertiary/aromatic N) is 3. The van der Waals surface area contributed by atoms with Crippen LogP contribution in [0.15, 0.2) is 10.5 Å². The molecule has 0 atom stereocenters. The predicted molar refractivity (Wildman–Crippen MR) is 52.6 cm³/mol. The molecule has 2 rings (SSSR count). The van der Waals surface area contributed by atoms with Gasteiger partial charge in [-0.1, -0.05) is 0 Å². The number of rotatable bonds is 3. The minimum absolute atomic E-state index is 0.257. The zero-order chi connectivity index (χ0) is 11.5. The predicted octanol–water partition coefficient (Wildman–Crippen LogP) is 0.945. The SMILES string of the molecule is CCOC(=O)c1cc(-c2nnc(C)o2)n[nH]1. The first-order valence-electron chi connectivity index (χ1n) is 4.73. The Morgan fingerprint density at radius 2 is 2.38 bits per heavy atom. The van der Waals surface area contributed by atoms with Crippen LogP contribution in [0.25, 0.3) is 11.6 Å². The lowest BCUT2D eigenvalue weighted by molar-refractivity contribution is 0.0519. The molecule has 7 heteroatoms. The van der Waals surface area contributed by atoms with Crippen molar-refractivity contribution < 1.29 is 13.9 Å². The van der Waals surface area contributed by atoms with Gasteiger partial charge in [0.2, 0.25) is 5.89 Å². The van der Waals surface area contributed by atoms with Crippen molar-refractivity contribution in [2.24, 2.45) is 0 Å². The number of carbonyl (C=O) groups is 1. The molecule has 2 aromatic heterocycles. The average Bonchev–Trinajstić information content (AvgIpc) is 2.85. The Kier molecular flexibility index (Phi) is 2.67. The van der Waals surface area contributed by atoms with Gasteiger partial charge < -0.3 is 9.15 Å². The molecule has 16 heavy (non-hydrogen) atoms. The van der Waals surface area contributed by atoms with Crippen molar-refractivity contribution >= 4 is 5.97 Å². The van der Waals surface area contributed by atoms with E-state index >= 15 is 0 Å². The van der Waals surface area contributed by atoms with Gasteiger partial charge in [0.1, 0.15) is 11.4 Å². The van der Waals surface area contributed by atoms with Crippen molar-refractivity contribution in [1.29, 1.82) is 0 Å². The largest absolute Gasteiger partial charge is 0.461 e. The van der Waals surface area contributed by atoms with E-state index in [4.69, 9.17) is 9.15 Å². The van der Waals surface area contributed by atoms with Gasteiger partial charge in [-0.3, -0.25) is 5.10 Å². The van der Waals surface area contributed by atoms with E-state index in [-0.39, 0.29) is 11.6 Å². The highest BCUT2D eigenvalue weighted by Gasteiger charge is 2.15. The molecule has 0 radical (unpaired) electrons. The normalized spacial score (nSPS) is 10.4. The van der Waals surface area contributed by atoms with Crippen LogP contribution in [0, 0.1) is 6.92 Å². The molecule has 0 fully saturated rings. The standard InChI is InChI=1S/C9H10N4O3/c1-3-15-9(14)7-4-6(11-12-7)8-13-10-5(2)16-8/h4H,3H2,1-2H3,(H,11,12). The fourth-order valence-corrected chi connectivity index (χ4v) is 1.14. The number of aryl methyl sites for hydroxylation is 1. The van der Waals surface area contributed by atoms with Gasteiger partial charge in [-0.2, -0.15) is 5.10 Å². The molecular formula is C9H10N4O3. The molecule has 2 heterocycles. The number of aromatic amines is 1. The molecule has 7 nitrogen and oxygen atoms in total. The van der Waals surface area contributed by atoms with Crippen LogP contribution < -0.4 is 0 Å². The summed E-state index contributed by atoms with van der Waals surface area (Å²) in [6.45, 7) is 3.72. The molecule has 0 saturated carbocycles. The van der Waals surface area contributed by atoms with Crippen molar-refractivity contribution in [1.82, 2.24) is 20.4 Å². The Morgan fingerprint density at radius 3 is 3.00 bits per heavy atom. The smallest absolute Gasteiger partial charge is 0.356 e. The Balaban J connectivity index is 2.22. The molecule has 0 aliphatic carbocycles. The van der Waals surface area contributed by atoms with Crippen LogP contribution in [0.1, 0.15) is 23.3 Å². The minimum atomic E-state index is -0.461. The average molecular weight is 222 g/mol. The molecular weight excluding hydrogens is 212 g/mol. The Hall–Kier alpha value is -2.18. The number of esters is 1. The van der Waals surface area contributed by atoms with Gasteiger partial charge in [0, 0.05) is 13.0 Å². The van der Waals surface area contributed by atoms with Crippen LogP contribution >= 0.6 is 0 Å². The molecule has 0 unspecified atom stereocenters. The van der Waals surface area contributed by atoms with Crippen LogP contribution in [0.5, 0.6) is 0 Å². The summed E-state index contributed by atoms with van der Waals surface area (Å²) >= 11 is 0. The Bertz CT molecular complexity index is 502. The first-order valence-corrected chi connectivity index (χ1v) is 4.73. The third-order valence-corrected chi connectivity index (χ3v) is 1.82. The van der Waals surface area contributed by atoms with Gasteiger partial charge in [-0.05, 0) is 6.92 Å². The summed E-state index contributed by atoms with van der Waals surface area (Å²) in [7, 11) is 0. The summed E-state index contributed by atoms with van der Waals surface area (Å²) in [4.78, 5) is 11.3. The number of nitrogens with one attached hydrogen (secondary N) is 1. The van der Waals surface area contributed by atoms with E-state index in [2.05, 4.69) is 20.4 Å². The highest BCUT2D eigenvalue weighted by Crippen LogP contribution is 2.15. The minimum Gasteiger partial charge on any atom is -0.461 e. The molecule has 0 aromatic carbocycles. The van der Waals surface area contributed by atoms with E-state index in [1.165, 1.54) is 6.07 Å². The van der Waals surface area contributed by atoms with Gasteiger partial charge in [-0.15, -0.1) is 10.2 Å². The van der Waals surface area contributed by atoms with Crippen molar-refractivity contribution in [3.8, 4) is 11.6 Å². The van der Waals surface area contributed by atoms with E-state index in [1.807, 2.05) is 0 Å². The van der Waals surface area contributed by atoms with Crippen LogP contribution in [0.4, 0.5) is 0 Å². The number of hydrogen-bond donors (Lipinski definition) is 1. The van der Waals surface area contributed by atoms with Crippen LogP contribution in [0.3, 0.4) is 0 Å². The third kappa shape index (κ3) is 1.92. The summed E-state index contributed by atoms with van der Waals surface area (Å²) < 4.78 is 9.97. The van der Waals surface area contributed by atoms with Crippen molar-refractivity contribution in [2.45, 2.75) is 13.8 Å². The monoisotopic (exact) mass is 222 g/mol. The van der Waals surface area contributed by atoms with Crippen LogP contribution in [0.2, 0.25) is 0 Å². The summed E-state index contributed by atoms with van der Waals surface area (Å²) in [5.74, 6) is 0.248. The second kappa shape index (κ2) is 4.13. The fraction of sp³-hybridized carbons (Fsp3) is 0.333. The lowest BCUT2D eigenvalue weighted by Gasteiger charge is -1.95. The lowest BCUT2D eigenvalue weighted by atomic mass is 10.3. The van der Waals surface area contributed by atoms with Gasteiger partial charge in [0.25, 0.3) is 5.89 Å². The van der Waals surface area contributed by atoms with Crippen molar-refractivity contribution in [3.05, 3.63) is 17.7 Å². The van der Waals surface area contributed by atoms with Crippen LogP contribution in [-0.2, 0) is 4.74 Å². The summed E-state index contributed by atoms with van der Waals surface area (Å²) in [6, 6.07) is 1.50. The first-order chi connectivity index (χ1) is 7.70. The number of carbonyl (C=O) groups excluding carboxylic acids is 1. The topological polar surface area (TPSA) is 93.9 Å². The van der Waals surface area contributed by atoms with Crippen molar-refractivity contribution in [3.63, 3.8) is 0 Å². The first kappa shape index (κ1) is 10.3. The molecule has 0 aliphatic rings. The molecule has 0 amide bonds. The number of aromatic nitrogens is 4. The number of H-pyrrole nitrogens is 1. The van der Waals surface area contributed by atoms with E-state index in [1.54, 1.807) is 13.8 Å². The third-order valence-electron chi connectivity index (χ3n) is 1.82. The lowest BCUT2D eigenvalue weighted by Crippen LogP contribution is -2.04. The van der Waals surface area contributed by atoms with Gasteiger partial charge in [0.05, 0.1) is 6.61 Å². The maximum Gasteiger partial charge on any atom is 0.356 e. The van der Waals surface area contributed by atoms with Gasteiger partial charge in [-0.25, -0.2) is 4.79 Å². The summed E-state index contributed by atoms with van der Waals surface area (Å²) in [5, 5.41) is 13.9. The number of ether oxygens (including phenoxy) is 1. The second-order valence-electron chi connectivity index (χ2n) is 3.01. The molecule has 0 bridgehead atoms. The summed E-state index contributed by atoms with van der Waals surface area (Å²) in [6.07, 6.45) is 0. The molecule has 0 spiro atoms. The maximum absolute atomic E-state index is 11.3. The van der Waals surface area contributed by atoms with Gasteiger partial charge in [0.15, 0.2) is 0 Å². The summed E-state index contributed by atoms with van der Waals surface area (Å²) in [5.41, 5.74) is 0.677.